The minimum Gasteiger partial charge on any atom is -0.497 e. The second kappa shape index (κ2) is 9.46. The van der Waals surface area contributed by atoms with Gasteiger partial charge in [0, 0.05) is 6.54 Å². The fourth-order valence-electron chi connectivity index (χ4n) is 2.55. The molecule has 0 aliphatic rings. The zero-order valence-corrected chi connectivity index (χ0v) is 16.3. The Kier molecular flexibility index (Phi) is 7.30. The number of nitrogens with one attached hydrogen (secondary N) is 1. The van der Waals surface area contributed by atoms with Crippen molar-refractivity contribution < 1.29 is 14.3 Å². The maximum atomic E-state index is 12.4. The molecule has 0 saturated carbocycles. The third kappa shape index (κ3) is 5.38. The molecule has 1 amide bonds. The smallest absolute Gasteiger partial charge is 0.260 e. The van der Waals surface area contributed by atoms with Gasteiger partial charge in [-0.3, -0.25) is 4.79 Å². The van der Waals surface area contributed by atoms with Crippen molar-refractivity contribution in [3.05, 3.63) is 59.1 Å². The molecule has 26 heavy (non-hydrogen) atoms. The Morgan fingerprint density at radius 3 is 2.38 bits per heavy atom. The first-order valence-corrected chi connectivity index (χ1v) is 8.79. The van der Waals surface area contributed by atoms with Gasteiger partial charge in [-0.05, 0) is 50.8 Å². The Morgan fingerprint density at radius 2 is 1.81 bits per heavy atom. The molecule has 0 bridgehead atoms. The number of rotatable bonds is 8. The topological polar surface area (TPSA) is 50.8 Å². The van der Waals surface area contributed by atoms with E-state index >= 15 is 0 Å². The molecule has 0 fully saturated rings. The van der Waals surface area contributed by atoms with E-state index in [0.29, 0.717) is 17.3 Å². The Hall–Kier alpha value is -2.24. The van der Waals surface area contributed by atoms with E-state index in [9.17, 15) is 4.79 Å². The summed E-state index contributed by atoms with van der Waals surface area (Å²) < 4.78 is 10.9. The molecule has 140 valence electrons. The van der Waals surface area contributed by atoms with Gasteiger partial charge < -0.3 is 19.7 Å². The number of benzene rings is 2. The van der Waals surface area contributed by atoms with Crippen molar-refractivity contribution in [1.29, 1.82) is 0 Å². The highest BCUT2D eigenvalue weighted by atomic mass is 35.5. The predicted octanol–water partition coefficient (Wildman–Crippen LogP) is 3.54. The second-order valence-corrected chi connectivity index (χ2v) is 6.60. The molecular formula is C20H25ClN2O3. The van der Waals surface area contributed by atoms with Crippen LogP contribution in [0.3, 0.4) is 0 Å². The zero-order valence-electron chi connectivity index (χ0n) is 15.5. The first-order chi connectivity index (χ1) is 12.4. The van der Waals surface area contributed by atoms with Gasteiger partial charge in [-0.25, -0.2) is 0 Å². The van der Waals surface area contributed by atoms with Gasteiger partial charge in [-0.15, -0.1) is 0 Å². The lowest BCUT2D eigenvalue weighted by Gasteiger charge is -2.26. The minimum atomic E-state index is -0.645. The van der Waals surface area contributed by atoms with Crippen LogP contribution in [0.1, 0.15) is 18.5 Å². The molecule has 0 aromatic heterocycles. The fourth-order valence-corrected chi connectivity index (χ4v) is 2.73. The number of carbonyl (C=O) groups excluding carboxylic acids is 1. The first-order valence-electron chi connectivity index (χ1n) is 8.41. The molecule has 1 N–H and O–H groups in total. The van der Waals surface area contributed by atoms with E-state index in [1.165, 1.54) is 0 Å². The molecule has 2 aromatic carbocycles. The highest BCUT2D eigenvalue weighted by Gasteiger charge is 2.19. The van der Waals surface area contributed by atoms with Crippen molar-refractivity contribution in [2.45, 2.75) is 19.1 Å². The lowest BCUT2D eigenvalue weighted by molar-refractivity contribution is -0.127. The van der Waals surface area contributed by atoms with Crippen molar-refractivity contribution in [1.82, 2.24) is 10.2 Å². The number of hydrogen-bond donors (Lipinski definition) is 1. The molecule has 2 unspecified atom stereocenters. The van der Waals surface area contributed by atoms with Crippen LogP contribution in [0, 0.1) is 0 Å². The van der Waals surface area contributed by atoms with Crippen molar-refractivity contribution in [3.63, 3.8) is 0 Å². The van der Waals surface area contributed by atoms with Crippen LogP contribution >= 0.6 is 11.6 Å². The van der Waals surface area contributed by atoms with Gasteiger partial charge in [-0.2, -0.15) is 0 Å². The van der Waals surface area contributed by atoms with Crippen LogP contribution in [0.2, 0.25) is 5.02 Å². The molecule has 2 aromatic rings. The summed E-state index contributed by atoms with van der Waals surface area (Å²) >= 11 is 6.07. The number of para-hydroxylation sites is 1. The Morgan fingerprint density at radius 1 is 1.15 bits per heavy atom. The average Bonchev–Trinajstić information content (AvgIpc) is 2.63. The van der Waals surface area contributed by atoms with Gasteiger partial charge in [0.1, 0.15) is 11.5 Å². The van der Waals surface area contributed by atoms with Gasteiger partial charge in [0.05, 0.1) is 18.2 Å². The van der Waals surface area contributed by atoms with Crippen molar-refractivity contribution >= 4 is 17.5 Å². The molecular weight excluding hydrogens is 352 g/mol. The third-order valence-electron chi connectivity index (χ3n) is 4.10. The van der Waals surface area contributed by atoms with E-state index in [4.69, 9.17) is 21.1 Å². The Balaban J connectivity index is 1.97. The van der Waals surface area contributed by atoms with Gasteiger partial charge in [0.15, 0.2) is 6.10 Å². The quantitative estimate of drug-likeness (QED) is 0.765. The van der Waals surface area contributed by atoms with E-state index in [1.54, 1.807) is 26.2 Å². The van der Waals surface area contributed by atoms with E-state index in [1.807, 2.05) is 50.5 Å². The maximum absolute atomic E-state index is 12.4. The maximum Gasteiger partial charge on any atom is 0.260 e. The van der Waals surface area contributed by atoms with Gasteiger partial charge >= 0.3 is 0 Å². The molecule has 0 saturated heterocycles. The summed E-state index contributed by atoms with van der Waals surface area (Å²) in [5.41, 5.74) is 1.09. The summed E-state index contributed by atoms with van der Waals surface area (Å²) in [4.78, 5) is 14.5. The molecule has 2 rings (SSSR count). The summed E-state index contributed by atoms with van der Waals surface area (Å²) in [5.74, 6) is 1.11. The van der Waals surface area contributed by atoms with Gasteiger partial charge in [0.2, 0.25) is 0 Å². The molecule has 5 nitrogen and oxygen atoms in total. The SMILES string of the molecule is COc1ccc(C(CNC(=O)C(C)Oc2ccccc2Cl)N(C)C)cc1. The average molecular weight is 377 g/mol. The second-order valence-electron chi connectivity index (χ2n) is 6.19. The van der Waals surface area contributed by atoms with Crippen molar-refractivity contribution in [3.8, 4) is 11.5 Å². The van der Waals surface area contributed by atoms with Crippen LogP contribution in [-0.2, 0) is 4.79 Å². The van der Waals surface area contributed by atoms with Crippen LogP contribution in [0.4, 0.5) is 0 Å². The van der Waals surface area contributed by atoms with Crippen LogP contribution in [0.15, 0.2) is 48.5 Å². The zero-order chi connectivity index (χ0) is 19.1. The van der Waals surface area contributed by atoms with Crippen LogP contribution in [-0.4, -0.2) is 44.7 Å². The lowest BCUT2D eigenvalue weighted by Crippen LogP contribution is -2.41. The number of ether oxygens (including phenoxy) is 2. The van der Waals surface area contributed by atoms with E-state index in [-0.39, 0.29) is 11.9 Å². The summed E-state index contributed by atoms with van der Waals surface area (Å²) in [6, 6.07) is 15.0. The van der Waals surface area contributed by atoms with Crippen molar-refractivity contribution in [2.75, 3.05) is 27.7 Å². The van der Waals surface area contributed by atoms with Gasteiger partial charge in [-0.1, -0.05) is 35.9 Å². The highest BCUT2D eigenvalue weighted by Crippen LogP contribution is 2.24. The molecule has 2 atom stereocenters. The Labute approximate surface area is 159 Å². The lowest BCUT2D eigenvalue weighted by atomic mass is 10.1. The Bertz CT molecular complexity index is 719. The van der Waals surface area contributed by atoms with E-state index < -0.39 is 6.10 Å². The first kappa shape index (κ1) is 20.1. The summed E-state index contributed by atoms with van der Waals surface area (Å²) in [6.45, 7) is 2.17. The van der Waals surface area contributed by atoms with Crippen LogP contribution < -0.4 is 14.8 Å². The molecule has 0 radical (unpaired) electrons. The number of nitrogens with zero attached hydrogens (tertiary/aromatic N) is 1. The summed E-state index contributed by atoms with van der Waals surface area (Å²) in [7, 11) is 5.59. The van der Waals surface area contributed by atoms with Crippen LogP contribution in [0.25, 0.3) is 0 Å². The molecule has 0 heterocycles. The summed E-state index contributed by atoms with van der Waals surface area (Å²) in [5, 5.41) is 3.43. The number of halogens is 1. The molecule has 0 aliphatic carbocycles. The normalized spacial score (nSPS) is 13.2. The van der Waals surface area contributed by atoms with E-state index in [0.717, 1.165) is 11.3 Å². The van der Waals surface area contributed by atoms with Gasteiger partial charge in [0.25, 0.3) is 5.91 Å². The minimum absolute atomic E-state index is 0.0392. The largest absolute Gasteiger partial charge is 0.497 e. The van der Waals surface area contributed by atoms with Crippen LogP contribution in [0.5, 0.6) is 11.5 Å². The molecule has 0 spiro atoms. The standard InChI is InChI=1S/C20H25ClN2O3/c1-14(26-19-8-6-5-7-17(19)21)20(24)22-13-18(23(2)3)15-9-11-16(25-4)12-10-15/h5-12,14,18H,13H2,1-4H3,(H,22,24). The number of carbonyl (C=O) groups is 1. The number of hydrogen-bond acceptors (Lipinski definition) is 4. The number of methoxy groups -OCH3 is 1. The monoisotopic (exact) mass is 376 g/mol. The number of likely N-dealkylation sites (N-methyl/N-ethyl adjacent to an activating group) is 1. The highest BCUT2D eigenvalue weighted by molar-refractivity contribution is 6.32. The number of amides is 1. The third-order valence-corrected chi connectivity index (χ3v) is 4.42. The predicted molar refractivity (Wildman–Crippen MR) is 104 cm³/mol. The fraction of sp³-hybridized carbons (Fsp3) is 0.350. The molecule has 0 aliphatic heterocycles. The van der Waals surface area contributed by atoms with Crippen molar-refractivity contribution in [2.24, 2.45) is 0 Å². The summed E-state index contributed by atoms with van der Waals surface area (Å²) in [6.07, 6.45) is -0.645. The van der Waals surface area contributed by atoms with E-state index in [2.05, 4.69) is 10.2 Å². The molecule has 6 heteroatoms.